The van der Waals surface area contributed by atoms with Gasteiger partial charge in [0.25, 0.3) is 8.32 Å². The summed E-state index contributed by atoms with van der Waals surface area (Å²) in [6.45, 7) is 11.8. The van der Waals surface area contributed by atoms with E-state index in [2.05, 4.69) is 38.0 Å². The van der Waals surface area contributed by atoms with Crippen molar-refractivity contribution < 1.29 is 4.43 Å². The Kier molecular flexibility index (Phi) is 2.96. The Morgan fingerprint density at radius 1 is 1.62 bits per heavy atom. The number of rotatable bonds is 1. The molecule has 1 aliphatic rings. The lowest BCUT2D eigenvalue weighted by atomic mass is 10.3. The third-order valence-electron chi connectivity index (χ3n) is 2.83. The molecule has 13 heavy (non-hydrogen) atoms. The summed E-state index contributed by atoms with van der Waals surface area (Å²) in [5, 5.41) is 0. The van der Waals surface area contributed by atoms with Crippen LogP contribution in [-0.2, 0) is 4.43 Å². The molecule has 0 spiro atoms. The summed E-state index contributed by atoms with van der Waals surface area (Å²) in [4.78, 5) is 4.44. The molecule has 0 saturated heterocycles. The van der Waals surface area contributed by atoms with Crippen molar-refractivity contribution in [3.05, 3.63) is 11.6 Å². The van der Waals surface area contributed by atoms with Crippen molar-refractivity contribution in [1.29, 1.82) is 0 Å². The molecular weight excluding hydrogens is 178 g/mol. The van der Waals surface area contributed by atoms with Crippen LogP contribution in [0, 0.1) is 0 Å². The van der Waals surface area contributed by atoms with Gasteiger partial charge in [0.2, 0.25) is 0 Å². The van der Waals surface area contributed by atoms with E-state index < -0.39 is 8.32 Å². The lowest BCUT2D eigenvalue weighted by Gasteiger charge is -2.34. The summed E-state index contributed by atoms with van der Waals surface area (Å²) < 4.78 is 5.96. The monoisotopic (exact) mass is 197 g/mol. The first-order valence-corrected chi connectivity index (χ1v) is 7.82. The van der Waals surface area contributed by atoms with Crippen LogP contribution in [-0.4, -0.2) is 20.8 Å². The van der Waals surface area contributed by atoms with E-state index in [1.807, 2.05) is 6.92 Å². The summed E-state index contributed by atoms with van der Waals surface area (Å²) in [7, 11) is -1.51. The third-order valence-corrected chi connectivity index (χ3v) is 6.10. The Labute approximate surface area is 81.8 Å². The van der Waals surface area contributed by atoms with Gasteiger partial charge in [-0.15, -0.1) is 0 Å². The number of hydrogen-bond donors (Lipinski definition) is 0. The van der Waals surface area contributed by atoms with E-state index in [9.17, 15) is 0 Å². The topological polar surface area (TPSA) is 21.6 Å². The second-order valence-electron chi connectivity index (χ2n) is 4.22. The van der Waals surface area contributed by atoms with Crippen molar-refractivity contribution in [2.45, 2.75) is 39.4 Å². The van der Waals surface area contributed by atoms with Crippen molar-refractivity contribution in [2.75, 3.05) is 6.54 Å². The average Bonchev–Trinajstić information content (AvgIpc) is 2.08. The predicted octanol–water partition coefficient (Wildman–Crippen LogP) is 2.98. The van der Waals surface area contributed by atoms with Gasteiger partial charge in [-0.2, -0.15) is 0 Å². The summed E-state index contributed by atoms with van der Waals surface area (Å²) in [5.74, 6) is 0.872. The summed E-state index contributed by atoms with van der Waals surface area (Å²) in [6, 6.07) is 0. The van der Waals surface area contributed by atoms with Crippen LogP contribution in [0.5, 0.6) is 0 Å². The summed E-state index contributed by atoms with van der Waals surface area (Å²) in [5.41, 5.74) is 1.79. The number of hydrogen-bond acceptors (Lipinski definition) is 2. The van der Waals surface area contributed by atoms with Crippen molar-refractivity contribution in [2.24, 2.45) is 4.99 Å². The first kappa shape index (κ1) is 10.5. The fraction of sp³-hybridized carbons (Fsp3) is 0.700. The molecule has 0 fully saturated rings. The first-order chi connectivity index (χ1) is 5.97. The van der Waals surface area contributed by atoms with E-state index in [0.29, 0.717) is 5.54 Å². The van der Waals surface area contributed by atoms with Gasteiger partial charge in [0.15, 0.2) is 5.90 Å². The van der Waals surface area contributed by atoms with E-state index in [0.717, 1.165) is 18.0 Å². The largest absolute Gasteiger partial charge is 0.531 e. The molecule has 0 saturated carbocycles. The van der Waals surface area contributed by atoms with Crippen molar-refractivity contribution in [3.63, 3.8) is 0 Å². The zero-order valence-corrected chi connectivity index (χ0v) is 10.2. The summed E-state index contributed by atoms with van der Waals surface area (Å²) >= 11 is 0. The Bertz CT molecular complexity index is 256. The van der Waals surface area contributed by atoms with Gasteiger partial charge in [-0.25, -0.2) is 0 Å². The van der Waals surface area contributed by atoms with Crippen LogP contribution in [0.4, 0.5) is 0 Å². The summed E-state index contributed by atoms with van der Waals surface area (Å²) in [6.07, 6.45) is 2.05. The van der Waals surface area contributed by atoms with E-state index in [-0.39, 0.29) is 0 Å². The number of aliphatic imine (C=N–C) groups is 1. The highest BCUT2D eigenvalue weighted by Crippen LogP contribution is 2.28. The molecule has 0 amide bonds. The molecule has 1 heterocycles. The minimum absolute atomic E-state index is 0.626. The molecule has 2 nitrogen and oxygen atoms in total. The SMILES string of the molecule is CC=C(C)C1=NCC(C)[Si](C)(C)O1. The van der Waals surface area contributed by atoms with Crippen LogP contribution in [0.1, 0.15) is 20.8 Å². The maximum atomic E-state index is 5.96. The smallest absolute Gasteiger partial charge is 0.251 e. The van der Waals surface area contributed by atoms with Gasteiger partial charge >= 0.3 is 0 Å². The van der Waals surface area contributed by atoms with Crippen molar-refractivity contribution in [1.82, 2.24) is 0 Å². The lowest BCUT2D eigenvalue weighted by Crippen LogP contribution is -2.42. The molecule has 1 unspecified atom stereocenters. The average molecular weight is 197 g/mol. The Morgan fingerprint density at radius 3 is 2.69 bits per heavy atom. The van der Waals surface area contributed by atoms with Crippen molar-refractivity contribution >= 4 is 14.2 Å². The molecule has 1 atom stereocenters. The van der Waals surface area contributed by atoms with E-state index in [1.54, 1.807) is 0 Å². The number of nitrogens with zero attached hydrogens (tertiary/aromatic N) is 1. The van der Waals surface area contributed by atoms with Gasteiger partial charge in [0.05, 0.1) is 0 Å². The second kappa shape index (κ2) is 3.66. The van der Waals surface area contributed by atoms with Gasteiger partial charge in [-0.3, -0.25) is 4.99 Å². The molecule has 0 aromatic rings. The van der Waals surface area contributed by atoms with Crippen molar-refractivity contribution in [3.8, 4) is 0 Å². The van der Waals surface area contributed by atoms with Gasteiger partial charge in [0.1, 0.15) is 0 Å². The normalized spacial score (nSPS) is 27.9. The van der Waals surface area contributed by atoms with Gasteiger partial charge in [-0.1, -0.05) is 13.0 Å². The fourth-order valence-corrected chi connectivity index (χ4v) is 2.61. The Hall–Kier alpha value is -0.573. The maximum absolute atomic E-state index is 5.96. The second-order valence-corrected chi connectivity index (χ2v) is 8.62. The molecule has 0 radical (unpaired) electrons. The van der Waals surface area contributed by atoms with E-state index in [1.165, 1.54) is 0 Å². The molecule has 0 N–H and O–H groups in total. The molecule has 1 aliphatic heterocycles. The lowest BCUT2D eigenvalue weighted by molar-refractivity contribution is 0.496. The zero-order valence-electron chi connectivity index (χ0n) is 9.22. The van der Waals surface area contributed by atoms with E-state index in [4.69, 9.17) is 4.43 Å². The van der Waals surface area contributed by atoms with Crippen LogP contribution >= 0.6 is 0 Å². The molecule has 1 rings (SSSR count). The zero-order chi connectivity index (χ0) is 10.1. The quantitative estimate of drug-likeness (QED) is 0.592. The van der Waals surface area contributed by atoms with Crippen LogP contribution in [0.15, 0.2) is 16.6 Å². The molecular formula is C10H19NOSi. The van der Waals surface area contributed by atoms with Gasteiger partial charge < -0.3 is 4.43 Å². The highest BCUT2D eigenvalue weighted by Gasteiger charge is 2.36. The van der Waals surface area contributed by atoms with E-state index >= 15 is 0 Å². The maximum Gasteiger partial charge on any atom is 0.251 e. The standard InChI is InChI=1S/C10H19NOSi/c1-6-8(2)10-11-7-9(3)13(4,5)12-10/h6,9H,7H2,1-5H3. The Morgan fingerprint density at radius 2 is 2.23 bits per heavy atom. The Balaban J connectivity index is 2.83. The molecule has 0 bridgehead atoms. The number of allylic oxidation sites excluding steroid dienone is 1. The molecule has 0 aromatic heterocycles. The van der Waals surface area contributed by atoms with Crippen LogP contribution in [0.2, 0.25) is 18.6 Å². The van der Waals surface area contributed by atoms with Gasteiger partial charge in [0, 0.05) is 17.7 Å². The van der Waals surface area contributed by atoms with Gasteiger partial charge in [-0.05, 0) is 26.9 Å². The first-order valence-electron chi connectivity index (χ1n) is 4.84. The minimum atomic E-state index is -1.51. The third kappa shape index (κ3) is 2.21. The fourth-order valence-electron chi connectivity index (χ4n) is 1.15. The predicted molar refractivity (Wildman–Crippen MR) is 59.7 cm³/mol. The highest BCUT2D eigenvalue weighted by atomic mass is 28.4. The molecule has 3 heteroatoms. The molecule has 0 aromatic carbocycles. The minimum Gasteiger partial charge on any atom is -0.531 e. The molecule has 74 valence electrons. The van der Waals surface area contributed by atoms with Crippen LogP contribution in [0.3, 0.4) is 0 Å². The van der Waals surface area contributed by atoms with Crippen LogP contribution in [0.25, 0.3) is 0 Å². The highest BCUT2D eigenvalue weighted by molar-refractivity contribution is 6.74. The van der Waals surface area contributed by atoms with Crippen LogP contribution < -0.4 is 0 Å². The molecule has 0 aliphatic carbocycles.